The lowest BCUT2D eigenvalue weighted by molar-refractivity contribution is -0.118. The van der Waals surface area contributed by atoms with Crippen LogP contribution in [-0.4, -0.2) is 28.4 Å². The molecule has 0 saturated carbocycles. The fourth-order valence-electron chi connectivity index (χ4n) is 2.36. The van der Waals surface area contributed by atoms with Gasteiger partial charge in [-0.1, -0.05) is 11.6 Å². The van der Waals surface area contributed by atoms with Crippen LogP contribution in [-0.2, 0) is 16.1 Å². The number of ether oxygens (including phenoxy) is 1. The van der Waals surface area contributed by atoms with Gasteiger partial charge in [0.05, 0.1) is 29.6 Å². The minimum Gasteiger partial charge on any atom is -0.378 e. The van der Waals surface area contributed by atoms with Crippen LogP contribution in [0.15, 0.2) is 24.4 Å². The molecule has 1 saturated heterocycles. The number of nitrogens with one attached hydrogen (secondary N) is 1. The first kappa shape index (κ1) is 14.6. The third-order valence-corrected chi connectivity index (χ3v) is 4.57. The van der Waals surface area contributed by atoms with Crippen LogP contribution in [0.25, 0.3) is 0 Å². The number of anilines is 1. The fraction of sp³-hybridized carbons (Fsp3) is 0.429. The Hall–Kier alpha value is -1.37. The summed E-state index contributed by atoms with van der Waals surface area (Å²) in [7, 11) is 0. The second kappa shape index (κ2) is 6.60. The molecule has 1 amide bonds. The molecule has 21 heavy (non-hydrogen) atoms. The quantitative estimate of drug-likeness (QED) is 0.918. The van der Waals surface area contributed by atoms with Crippen LogP contribution in [0, 0.1) is 0 Å². The average Bonchev–Trinajstić information content (AvgIpc) is 3.15. The van der Waals surface area contributed by atoms with Gasteiger partial charge < -0.3 is 10.1 Å². The van der Waals surface area contributed by atoms with Crippen molar-refractivity contribution in [3.63, 3.8) is 0 Å². The Morgan fingerprint density at radius 2 is 2.43 bits per heavy atom. The maximum atomic E-state index is 12.0. The molecule has 1 unspecified atom stereocenters. The molecule has 5 nitrogen and oxygen atoms in total. The molecule has 1 aliphatic rings. The molecule has 0 spiro atoms. The van der Waals surface area contributed by atoms with Crippen LogP contribution >= 0.6 is 22.9 Å². The summed E-state index contributed by atoms with van der Waals surface area (Å²) >= 11 is 7.44. The van der Waals surface area contributed by atoms with Crippen molar-refractivity contribution in [1.29, 1.82) is 0 Å². The van der Waals surface area contributed by atoms with Crippen LogP contribution in [0.1, 0.15) is 24.1 Å². The van der Waals surface area contributed by atoms with E-state index in [1.165, 1.54) is 11.3 Å². The monoisotopic (exact) mass is 325 g/mol. The first-order valence-electron chi connectivity index (χ1n) is 6.88. The minimum absolute atomic E-state index is 0.0344. The van der Waals surface area contributed by atoms with Crippen molar-refractivity contribution in [2.45, 2.75) is 31.9 Å². The maximum absolute atomic E-state index is 12.0. The first-order chi connectivity index (χ1) is 10.2. The zero-order chi connectivity index (χ0) is 14.7. The normalized spacial score (nSPS) is 18.0. The van der Waals surface area contributed by atoms with E-state index in [1.807, 2.05) is 12.1 Å². The molecule has 1 aliphatic heterocycles. The summed E-state index contributed by atoms with van der Waals surface area (Å²) in [5, 5.41) is 7.14. The van der Waals surface area contributed by atoms with Gasteiger partial charge >= 0.3 is 0 Å². The Morgan fingerprint density at radius 1 is 1.52 bits per heavy atom. The van der Waals surface area contributed by atoms with Crippen LogP contribution < -0.4 is 5.32 Å². The Balaban J connectivity index is 1.60. The molecule has 1 N–H and O–H groups in total. The molecule has 0 bridgehead atoms. The Kier molecular flexibility index (Phi) is 4.57. The predicted molar refractivity (Wildman–Crippen MR) is 82.9 cm³/mol. The molecule has 0 aromatic carbocycles. The van der Waals surface area contributed by atoms with E-state index >= 15 is 0 Å². The average molecular weight is 326 g/mol. The second-order valence-electron chi connectivity index (χ2n) is 4.97. The van der Waals surface area contributed by atoms with Gasteiger partial charge in [0.25, 0.3) is 0 Å². The molecule has 2 aromatic rings. The number of amides is 1. The maximum Gasteiger partial charge on any atom is 0.228 e. The van der Waals surface area contributed by atoms with Crippen molar-refractivity contribution in [2.75, 3.05) is 11.9 Å². The summed E-state index contributed by atoms with van der Waals surface area (Å²) in [6.07, 6.45) is 4.12. The smallest absolute Gasteiger partial charge is 0.228 e. The molecule has 1 fully saturated rings. The van der Waals surface area contributed by atoms with Gasteiger partial charge in [-0.15, -0.1) is 11.3 Å². The highest BCUT2D eigenvalue weighted by Crippen LogP contribution is 2.23. The Bertz CT molecular complexity index is 619. The molecule has 0 aliphatic carbocycles. The summed E-state index contributed by atoms with van der Waals surface area (Å²) in [6.45, 7) is 1.36. The van der Waals surface area contributed by atoms with Gasteiger partial charge in [0.15, 0.2) is 0 Å². The summed E-state index contributed by atoms with van der Waals surface area (Å²) < 4.78 is 7.99. The number of thiophene rings is 1. The van der Waals surface area contributed by atoms with Gasteiger partial charge in [-0.2, -0.15) is 5.10 Å². The van der Waals surface area contributed by atoms with Gasteiger partial charge in [0.1, 0.15) is 5.82 Å². The van der Waals surface area contributed by atoms with Gasteiger partial charge in [-0.25, -0.2) is 4.68 Å². The van der Waals surface area contributed by atoms with Crippen molar-refractivity contribution >= 4 is 34.7 Å². The van der Waals surface area contributed by atoms with E-state index in [-0.39, 0.29) is 12.0 Å². The molecule has 3 heterocycles. The highest BCUT2D eigenvalue weighted by Gasteiger charge is 2.19. The summed E-state index contributed by atoms with van der Waals surface area (Å²) in [6, 6.07) is 5.62. The largest absolute Gasteiger partial charge is 0.378 e. The molecule has 7 heteroatoms. The summed E-state index contributed by atoms with van der Waals surface area (Å²) in [4.78, 5) is 13.1. The number of rotatable bonds is 5. The number of aromatic nitrogens is 2. The third-order valence-electron chi connectivity index (χ3n) is 3.36. The molecule has 0 radical (unpaired) electrons. The molecule has 1 atom stereocenters. The lowest BCUT2D eigenvalue weighted by Gasteiger charge is -2.11. The number of halogens is 1. The number of hydrogen-bond acceptors (Lipinski definition) is 4. The third kappa shape index (κ3) is 3.84. The highest BCUT2D eigenvalue weighted by molar-refractivity contribution is 7.16. The Labute approximate surface area is 131 Å². The zero-order valence-electron chi connectivity index (χ0n) is 11.4. The van der Waals surface area contributed by atoms with Crippen molar-refractivity contribution in [2.24, 2.45) is 0 Å². The highest BCUT2D eigenvalue weighted by atomic mass is 35.5. The topological polar surface area (TPSA) is 56.1 Å². The van der Waals surface area contributed by atoms with Crippen molar-refractivity contribution < 1.29 is 9.53 Å². The molecule has 2 aromatic heterocycles. The van der Waals surface area contributed by atoms with Crippen LogP contribution in [0.4, 0.5) is 5.82 Å². The van der Waals surface area contributed by atoms with E-state index in [0.717, 1.165) is 28.7 Å². The number of nitrogens with zero attached hydrogens (tertiary/aromatic N) is 2. The van der Waals surface area contributed by atoms with Crippen LogP contribution in [0.2, 0.25) is 4.34 Å². The standard InChI is InChI=1S/C14H16ClN3O2S/c15-12-4-3-11(21-12)9-18-13(5-6-16-18)17-14(19)8-10-2-1-7-20-10/h3-6,10H,1-2,7-9H2,(H,17,19). The molecule has 3 rings (SSSR count). The minimum atomic E-state index is -0.0344. The number of carbonyl (C=O) groups is 1. The van der Waals surface area contributed by atoms with Gasteiger partial charge in [0.2, 0.25) is 5.91 Å². The first-order valence-corrected chi connectivity index (χ1v) is 8.07. The van der Waals surface area contributed by atoms with Crippen molar-refractivity contribution in [3.05, 3.63) is 33.6 Å². The van der Waals surface area contributed by atoms with E-state index in [4.69, 9.17) is 16.3 Å². The summed E-state index contributed by atoms with van der Waals surface area (Å²) in [5.41, 5.74) is 0. The van der Waals surface area contributed by atoms with Gasteiger partial charge in [0, 0.05) is 17.6 Å². The van der Waals surface area contributed by atoms with Crippen molar-refractivity contribution in [3.8, 4) is 0 Å². The number of carbonyl (C=O) groups excluding carboxylic acids is 1. The van der Waals surface area contributed by atoms with E-state index in [1.54, 1.807) is 16.9 Å². The van der Waals surface area contributed by atoms with E-state index in [0.29, 0.717) is 18.8 Å². The molecular formula is C14H16ClN3O2S. The zero-order valence-corrected chi connectivity index (χ0v) is 13.0. The molecular weight excluding hydrogens is 310 g/mol. The van der Waals surface area contributed by atoms with E-state index in [9.17, 15) is 4.79 Å². The lowest BCUT2D eigenvalue weighted by Crippen LogP contribution is -2.21. The predicted octanol–water partition coefficient (Wildman–Crippen LogP) is 3.15. The Morgan fingerprint density at radius 3 is 3.14 bits per heavy atom. The van der Waals surface area contributed by atoms with Crippen LogP contribution in [0.3, 0.4) is 0 Å². The SMILES string of the molecule is O=C(CC1CCCO1)Nc1ccnn1Cc1ccc(Cl)s1. The van der Waals surface area contributed by atoms with Gasteiger partial charge in [-0.3, -0.25) is 4.79 Å². The van der Waals surface area contributed by atoms with Gasteiger partial charge in [-0.05, 0) is 25.0 Å². The number of hydrogen-bond donors (Lipinski definition) is 1. The van der Waals surface area contributed by atoms with Crippen LogP contribution in [0.5, 0.6) is 0 Å². The second-order valence-corrected chi connectivity index (χ2v) is 6.77. The van der Waals surface area contributed by atoms with Crippen molar-refractivity contribution in [1.82, 2.24) is 9.78 Å². The fourth-order valence-corrected chi connectivity index (χ4v) is 3.42. The van der Waals surface area contributed by atoms with E-state index < -0.39 is 0 Å². The summed E-state index contributed by atoms with van der Waals surface area (Å²) in [5.74, 6) is 0.662. The van der Waals surface area contributed by atoms with E-state index in [2.05, 4.69) is 10.4 Å². The molecule has 112 valence electrons. The lowest BCUT2D eigenvalue weighted by atomic mass is 10.2.